The van der Waals surface area contributed by atoms with Crippen LogP contribution in [-0.2, 0) is 10.2 Å². The third-order valence-electron chi connectivity index (χ3n) is 4.08. The zero-order valence-electron chi connectivity index (χ0n) is 12.0. The average Bonchev–Trinajstić information content (AvgIpc) is 3.30. The summed E-state index contributed by atoms with van der Waals surface area (Å²) in [6.45, 7) is 2.19. The van der Waals surface area contributed by atoms with E-state index in [-0.39, 0.29) is 0 Å². The molecule has 1 aliphatic heterocycles. The van der Waals surface area contributed by atoms with E-state index in [1.54, 1.807) is 24.4 Å². The van der Waals surface area contributed by atoms with Crippen LogP contribution in [0.15, 0.2) is 24.4 Å². The molecule has 0 aromatic carbocycles. The summed E-state index contributed by atoms with van der Waals surface area (Å²) < 4.78 is 28.7. The number of hydrogen-bond donors (Lipinski definition) is 2. The highest BCUT2D eigenvalue weighted by molar-refractivity contribution is 7.90. The van der Waals surface area contributed by atoms with Gasteiger partial charge < -0.3 is 5.32 Å². The second-order valence-electron chi connectivity index (χ2n) is 5.85. The Morgan fingerprint density at radius 1 is 1.19 bits per heavy atom. The maximum atomic E-state index is 12.3. The van der Waals surface area contributed by atoms with Gasteiger partial charge in [0.15, 0.2) is 0 Å². The van der Waals surface area contributed by atoms with E-state index in [2.05, 4.69) is 15.0 Å². The van der Waals surface area contributed by atoms with Crippen LogP contribution < -0.4 is 10.0 Å². The SMILES string of the molecule is O=S(=O)(Nc1ccccn1)N1CCC(CNC2CC2)CC1. The van der Waals surface area contributed by atoms with E-state index in [0.717, 1.165) is 25.4 Å². The van der Waals surface area contributed by atoms with Crippen LogP contribution in [0.5, 0.6) is 0 Å². The van der Waals surface area contributed by atoms with Gasteiger partial charge >= 0.3 is 10.2 Å². The van der Waals surface area contributed by atoms with Crippen LogP contribution in [0.25, 0.3) is 0 Å². The Balaban J connectivity index is 1.50. The molecule has 1 saturated carbocycles. The molecular formula is C14H22N4O2S. The van der Waals surface area contributed by atoms with Gasteiger partial charge in [0.05, 0.1) is 0 Å². The zero-order valence-corrected chi connectivity index (χ0v) is 12.8. The van der Waals surface area contributed by atoms with E-state index < -0.39 is 10.2 Å². The van der Waals surface area contributed by atoms with Gasteiger partial charge in [0.1, 0.15) is 5.82 Å². The molecule has 0 amide bonds. The first-order chi connectivity index (χ1) is 10.1. The molecule has 0 spiro atoms. The fourth-order valence-electron chi connectivity index (χ4n) is 2.59. The minimum Gasteiger partial charge on any atom is -0.314 e. The molecule has 1 aliphatic carbocycles. The monoisotopic (exact) mass is 310 g/mol. The van der Waals surface area contributed by atoms with Crippen LogP contribution in [0.2, 0.25) is 0 Å². The van der Waals surface area contributed by atoms with Gasteiger partial charge in [-0.05, 0) is 50.3 Å². The van der Waals surface area contributed by atoms with E-state index in [4.69, 9.17) is 0 Å². The highest BCUT2D eigenvalue weighted by Crippen LogP contribution is 2.23. The lowest BCUT2D eigenvalue weighted by atomic mass is 9.98. The smallest absolute Gasteiger partial charge is 0.302 e. The fraction of sp³-hybridized carbons (Fsp3) is 0.643. The lowest BCUT2D eigenvalue weighted by Crippen LogP contribution is -2.43. The van der Waals surface area contributed by atoms with Crippen LogP contribution in [0.4, 0.5) is 5.82 Å². The van der Waals surface area contributed by atoms with Gasteiger partial charge in [-0.25, -0.2) is 4.98 Å². The lowest BCUT2D eigenvalue weighted by Gasteiger charge is -2.31. The highest BCUT2D eigenvalue weighted by Gasteiger charge is 2.29. The molecule has 2 N–H and O–H groups in total. The largest absolute Gasteiger partial charge is 0.314 e. The van der Waals surface area contributed by atoms with Gasteiger partial charge in [-0.1, -0.05) is 6.07 Å². The second-order valence-corrected chi connectivity index (χ2v) is 7.52. The number of hydrogen-bond acceptors (Lipinski definition) is 4. The molecule has 1 aromatic rings. The highest BCUT2D eigenvalue weighted by atomic mass is 32.2. The molecule has 0 unspecified atom stereocenters. The van der Waals surface area contributed by atoms with Crippen molar-refractivity contribution in [2.45, 2.75) is 31.7 Å². The summed E-state index contributed by atoms with van der Waals surface area (Å²) in [4.78, 5) is 4.00. The van der Waals surface area contributed by atoms with Gasteiger partial charge in [-0.15, -0.1) is 0 Å². The topological polar surface area (TPSA) is 74.3 Å². The van der Waals surface area contributed by atoms with E-state index in [9.17, 15) is 8.42 Å². The maximum Gasteiger partial charge on any atom is 0.302 e. The first-order valence-electron chi connectivity index (χ1n) is 7.56. The minimum atomic E-state index is -3.48. The summed E-state index contributed by atoms with van der Waals surface area (Å²) in [5.41, 5.74) is 0. The van der Waals surface area contributed by atoms with Crippen molar-refractivity contribution < 1.29 is 8.42 Å². The Morgan fingerprint density at radius 2 is 1.95 bits per heavy atom. The van der Waals surface area contributed by atoms with Crippen molar-refractivity contribution in [1.29, 1.82) is 0 Å². The van der Waals surface area contributed by atoms with Gasteiger partial charge in [-0.2, -0.15) is 12.7 Å². The molecular weight excluding hydrogens is 288 g/mol. The summed E-state index contributed by atoms with van der Waals surface area (Å²) in [5.74, 6) is 0.960. The first-order valence-corrected chi connectivity index (χ1v) is 9.00. The van der Waals surface area contributed by atoms with E-state index in [0.29, 0.717) is 24.8 Å². The molecule has 7 heteroatoms. The van der Waals surface area contributed by atoms with Gasteiger partial charge in [0, 0.05) is 25.3 Å². The van der Waals surface area contributed by atoms with E-state index in [1.165, 1.54) is 17.1 Å². The molecule has 6 nitrogen and oxygen atoms in total. The van der Waals surface area contributed by atoms with Crippen LogP contribution >= 0.6 is 0 Å². The quantitative estimate of drug-likeness (QED) is 0.828. The normalized spacial score (nSPS) is 21.3. The van der Waals surface area contributed by atoms with Crippen molar-refractivity contribution in [1.82, 2.24) is 14.6 Å². The second kappa shape index (κ2) is 6.29. The van der Waals surface area contributed by atoms with Crippen molar-refractivity contribution in [3.8, 4) is 0 Å². The van der Waals surface area contributed by atoms with Crippen LogP contribution in [0, 0.1) is 5.92 Å². The molecule has 3 rings (SSSR count). The third-order valence-corrected chi connectivity index (χ3v) is 5.60. The van der Waals surface area contributed by atoms with Crippen LogP contribution in [0.1, 0.15) is 25.7 Å². The summed E-state index contributed by atoms with van der Waals surface area (Å²) in [7, 11) is -3.48. The van der Waals surface area contributed by atoms with E-state index in [1.807, 2.05) is 0 Å². The Hall–Kier alpha value is -1.18. The number of piperidine rings is 1. The molecule has 0 atom stereocenters. The van der Waals surface area contributed by atoms with Crippen molar-refractivity contribution in [2.24, 2.45) is 5.92 Å². The predicted octanol–water partition coefficient (Wildman–Crippen LogP) is 1.20. The molecule has 21 heavy (non-hydrogen) atoms. The fourth-order valence-corrected chi connectivity index (χ4v) is 3.80. The molecule has 116 valence electrons. The standard InChI is InChI=1S/C14H22N4O2S/c19-21(20,17-14-3-1-2-8-15-14)18-9-6-12(7-10-18)11-16-13-4-5-13/h1-3,8,12-13,16H,4-7,9-11H2,(H,15,17). The maximum absolute atomic E-state index is 12.3. The number of nitrogens with one attached hydrogen (secondary N) is 2. The van der Waals surface area contributed by atoms with Crippen molar-refractivity contribution in [2.75, 3.05) is 24.4 Å². The summed E-state index contributed by atoms with van der Waals surface area (Å²) in [5, 5.41) is 3.53. The van der Waals surface area contributed by atoms with Gasteiger partial charge in [-0.3, -0.25) is 4.72 Å². The van der Waals surface area contributed by atoms with Crippen molar-refractivity contribution >= 4 is 16.0 Å². The molecule has 2 fully saturated rings. The number of nitrogens with zero attached hydrogens (tertiary/aromatic N) is 2. The van der Waals surface area contributed by atoms with Crippen molar-refractivity contribution in [3.05, 3.63) is 24.4 Å². The Morgan fingerprint density at radius 3 is 2.57 bits per heavy atom. The minimum absolute atomic E-state index is 0.370. The summed E-state index contributed by atoms with van der Waals surface area (Å²) >= 11 is 0. The summed E-state index contributed by atoms with van der Waals surface area (Å²) in [6.07, 6.45) is 6.00. The molecule has 2 heterocycles. The number of rotatable bonds is 6. The number of pyridine rings is 1. The lowest BCUT2D eigenvalue weighted by molar-refractivity contribution is 0.268. The first kappa shape index (κ1) is 14.7. The number of aromatic nitrogens is 1. The van der Waals surface area contributed by atoms with Crippen LogP contribution in [0.3, 0.4) is 0 Å². The molecule has 1 saturated heterocycles. The molecule has 2 aliphatic rings. The third kappa shape index (κ3) is 4.15. The number of anilines is 1. The van der Waals surface area contributed by atoms with Crippen LogP contribution in [-0.4, -0.2) is 43.4 Å². The Labute approximate surface area is 126 Å². The zero-order chi connectivity index (χ0) is 14.7. The van der Waals surface area contributed by atoms with Crippen molar-refractivity contribution in [3.63, 3.8) is 0 Å². The predicted molar refractivity (Wildman–Crippen MR) is 82.1 cm³/mol. The van der Waals surface area contributed by atoms with Gasteiger partial charge in [0.2, 0.25) is 0 Å². The van der Waals surface area contributed by atoms with E-state index >= 15 is 0 Å². The van der Waals surface area contributed by atoms with Gasteiger partial charge in [0.25, 0.3) is 0 Å². The molecule has 1 aromatic heterocycles. The molecule has 0 bridgehead atoms. The molecule has 0 radical (unpaired) electrons. The Kier molecular flexibility index (Phi) is 4.42. The summed E-state index contributed by atoms with van der Waals surface area (Å²) in [6, 6.07) is 5.90. The average molecular weight is 310 g/mol. The Bertz CT molecular complexity index is 552.